The number of benzene rings is 1. The van der Waals surface area contributed by atoms with E-state index in [9.17, 15) is 0 Å². The average Bonchev–Trinajstić information content (AvgIpc) is 3.27. The minimum Gasteiger partial charge on any atom is -0.406 e. The van der Waals surface area contributed by atoms with E-state index in [2.05, 4.69) is 35.9 Å². The largest absolute Gasteiger partial charge is 0.406 e. The van der Waals surface area contributed by atoms with Crippen LogP contribution in [-0.4, -0.2) is 35.4 Å². The molecule has 0 saturated heterocycles. The van der Waals surface area contributed by atoms with E-state index in [0.29, 0.717) is 17.7 Å². The van der Waals surface area contributed by atoms with Crippen molar-refractivity contribution in [1.29, 1.82) is 0 Å². The first kappa shape index (κ1) is 14.0. The van der Waals surface area contributed by atoms with Gasteiger partial charge in [0.1, 0.15) is 6.54 Å². The number of anilines is 2. The third kappa shape index (κ3) is 3.09. The summed E-state index contributed by atoms with van der Waals surface area (Å²) >= 11 is 0. The van der Waals surface area contributed by atoms with Crippen LogP contribution in [0.1, 0.15) is 5.89 Å². The lowest BCUT2D eigenvalue weighted by atomic mass is 10.3. The van der Waals surface area contributed by atoms with Crippen LogP contribution in [-0.2, 0) is 6.54 Å². The van der Waals surface area contributed by atoms with Gasteiger partial charge in [0.05, 0.1) is 0 Å². The molecule has 4 rings (SSSR count). The predicted octanol–water partition coefficient (Wildman–Crippen LogP) is 1.91. The van der Waals surface area contributed by atoms with Crippen molar-refractivity contribution in [2.24, 2.45) is 0 Å². The van der Waals surface area contributed by atoms with Crippen molar-refractivity contribution >= 4 is 11.7 Å². The number of aromatic nitrogens is 7. The fourth-order valence-electron chi connectivity index (χ4n) is 2.05. The van der Waals surface area contributed by atoms with Gasteiger partial charge < -0.3 is 9.73 Å². The quantitative estimate of drug-likeness (QED) is 0.594. The maximum atomic E-state index is 5.53. The number of pyridine rings is 1. The zero-order valence-electron chi connectivity index (χ0n) is 12.4. The van der Waals surface area contributed by atoms with Gasteiger partial charge in [-0.2, -0.15) is 4.80 Å². The summed E-state index contributed by atoms with van der Waals surface area (Å²) in [6.45, 7) is 0.233. The minimum atomic E-state index is 0.233. The summed E-state index contributed by atoms with van der Waals surface area (Å²) in [5.74, 6) is 0.869. The fraction of sp³-hybridized carbons (Fsp3) is 0.0667. The lowest BCUT2D eigenvalue weighted by Crippen LogP contribution is -2.04. The molecule has 3 aromatic heterocycles. The van der Waals surface area contributed by atoms with E-state index < -0.39 is 0 Å². The smallest absolute Gasteiger partial charge is 0.320 e. The van der Waals surface area contributed by atoms with Crippen molar-refractivity contribution in [1.82, 2.24) is 35.4 Å². The van der Waals surface area contributed by atoms with Gasteiger partial charge in [-0.3, -0.25) is 4.98 Å². The van der Waals surface area contributed by atoms with E-state index in [4.69, 9.17) is 4.42 Å². The molecule has 9 heteroatoms. The van der Waals surface area contributed by atoms with Crippen LogP contribution in [0.3, 0.4) is 0 Å². The summed E-state index contributed by atoms with van der Waals surface area (Å²) in [6, 6.07) is 13.6. The van der Waals surface area contributed by atoms with Crippen LogP contribution in [0.4, 0.5) is 11.7 Å². The average molecular weight is 320 g/mol. The standard InChI is InChI=1S/C15H12N8O/c1-2-6-12(7-3-1)17-15-20-18-13(24-15)10-23-21-14(19-22-23)11-5-4-8-16-9-11/h1-9H,10H2,(H,17,20). The van der Waals surface area contributed by atoms with Crippen molar-refractivity contribution in [3.05, 3.63) is 60.7 Å². The topological polar surface area (TPSA) is 107 Å². The maximum Gasteiger partial charge on any atom is 0.320 e. The molecule has 0 radical (unpaired) electrons. The van der Waals surface area contributed by atoms with Crippen molar-refractivity contribution in [3.63, 3.8) is 0 Å². The molecule has 4 aromatic rings. The second kappa shape index (κ2) is 6.24. The summed E-state index contributed by atoms with van der Waals surface area (Å²) in [6.07, 6.45) is 3.36. The summed E-state index contributed by atoms with van der Waals surface area (Å²) in [7, 11) is 0. The summed E-state index contributed by atoms with van der Waals surface area (Å²) in [5, 5.41) is 23.2. The first-order chi connectivity index (χ1) is 11.9. The van der Waals surface area contributed by atoms with Gasteiger partial charge in [-0.15, -0.1) is 15.3 Å². The third-order valence-electron chi connectivity index (χ3n) is 3.14. The molecule has 0 saturated carbocycles. The van der Waals surface area contributed by atoms with E-state index in [1.807, 2.05) is 42.5 Å². The molecule has 3 heterocycles. The highest BCUT2D eigenvalue weighted by molar-refractivity contribution is 5.51. The molecule has 0 spiro atoms. The molecule has 0 aliphatic carbocycles. The second-order valence-corrected chi connectivity index (χ2v) is 4.88. The van der Waals surface area contributed by atoms with Gasteiger partial charge in [-0.05, 0) is 29.5 Å². The molecule has 0 atom stereocenters. The number of nitrogens with one attached hydrogen (secondary N) is 1. The number of hydrogen-bond donors (Lipinski definition) is 1. The van der Waals surface area contributed by atoms with Crippen LogP contribution >= 0.6 is 0 Å². The predicted molar refractivity (Wildman–Crippen MR) is 84.2 cm³/mol. The van der Waals surface area contributed by atoms with E-state index in [1.54, 1.807) is 12.4 Å². The number of nitrogens with zero attached hydrogens (tertiary/aromatic N) is 7. The highest BCUT2D eigenvalue weighted by atomic mass is 16.4. The molecular weight excluding hydrogens is 308 g/mol. The van der Waals surface area contributed by atoms with Gasteiger partial charge >= 0.3 is 6.01 Å². The van der Waals surface area contributed by atoms with Crippen LogP contribution in [0.2, 0.25) is 0 Å². The molecule has 24 heavy (non-hydrogen) atoms. The van der Waals surface area contributed by atoms with E-state index in [1.165, 1.54) is 4.80 Å². The van der Waals surface area contributed by atoms with Gasteiger partial charge in [-0.25, -0.2) is 0 Å². The van der Waals surface area contributed by atoms with E-state index >= 15 is 0 Å². The van der Waals surface area contributed by atoms with Crippen LogP contribution < -0.4 is 5.32 Å². The maximum absolute atomic E-state index is 5.53. The van der Waals surface area contributed by atoms with E-state index in [0.717, 1.165) is 11.3 Å². The lowest BCUT2D eigenvalue weighted by molar-refractivity contribution is 0.448. The Kier molecular flexibility index (Phi) is 3.64. The van der Waals surface area contributed by atoms with Crippen molar-refractivity contribution < 1.29 is 4.42 Å². The molecule has 0 amide bonds. The summed E-state index contributed by atoms with van der Waals surface area (Å²) in [5.41, 5.74) is 1.66. The lowest BCUT2D eigenvalue weighted by Gasteiger charge is -1.98. The Morgan fingerprint density at radius 3 is 2.75 bits per heavy atom. The van der Waals surface area contributed by atoms with Crippen LogP contribution in [0.25, 0.3) is 11.4 Å². The molecule has 1 aromatic carbocycles. The molecule has 0 aliphatic heterocycles. The third-order valence-corrected chi connectivity index (χ3v) is 3.14. The highest BCUT2D eigenvalue weighted by Crippen LogP contribution is 2.15. The van der Waals surface area contributed by atoms with Gasteiger partial charge in [-0.1, -0.05) is 23.3 Å². The second-order valence-electron chi connectivity index (χ2n) is 4.88. The zero-order valence-corrected chi connectivity index (χ0v) is 12.4. The minimum absolute atomic E-state index is 0.233. The van der Waals surface area contributed by atoms with Crippen molar-refractivity contribution in [2.75, 3.05) is 5.32 Å². The van der Waals surface area contributed by atoms with Crippen LogP contribution in [0, 0.1) is 0 Å². The van der Waals surface area contributed by atoms with E-state index in [-0.39, 0.29) is 6.54 Å². The Bertz CT molecular complexity index is 919. The molecule has 0 fully saturated rings. The van der Waals surface area contributed by atoms with Crippen molar-refractivity contribution in [3.8, 4) is 11.4 Å². The van der Waals surface area contributed by atoms with Crippen molar-refractivity contribution in [2.45, 2.75) is 6.54 Å². The molecule has 0 aliphatic rings. The molecular formula is C15H12N8O. The molecule has 0 unspecified atom stereocenters. The summed E-state index contributed by atoms with van der Waals surface area (Å²) in [4.78, 5) is 5.42. The number of para-hydroxylation sites is 1. The normalized spacial score (nSPS) is 10.7. The Morgan fingerprint density at radius 1 is 1.00 bits per heavy atom. The van der Waals surface area contributed by atoms with Gasteiger partial charge in [0.15, 0.2) is 0 Å². The zero-order chi connectivity index (χ0) is 16.2. The number of tetrazole rings is 1. The number of hydrogen-bond acceptors (Lipinski definition) is 8. The SMILES string of the molecule is c1ccc(Nc2nnc(Cn3nnc(-c4cccnc4)n3)o2)cc1. The Balaban J connectivity index is 1.46. The monoisotopic (exact) mass is 320 g/mol. The molecule has 9 nitrogen and oxygen atoms in total. The van der Waals surface area contributed by atoms with Gasteiger partial charge in [0.2, 0.25) is 11.7 Å². The fourth-order valence-corrected chi connectivity index (χ4v) is 2.05. The Hall–Kier alpha value is -3.62. The molecule has 1 N–H and O–H groups in total. The first-order valence-corrected chi connectivity index (χ1v) is 7.19. The highest BCUT2D eigenvalue weighted by Gasteiger charge is 2.11. The van der Waals surface area contributed by atoms with Crippen LogP contribution in [0.15, 0.2) is 59.3 Å². The molecule has 0 bridgehead atoms. The Labute approximate surface area is 136 Å². The Morgan fingerprint density at radius 2 is 1.92 bits per heavy atom. The molecule has 118 valence electrons. The van der Waals surface area contributed by atoms with Crippen LogP contribution in [0.5, 0.6) is 0 Å². The van der Waals surface area contributed by atoms with Gasteiger partial charge in [0, 0.05) is 23.6 Å². The summed E-state index contributed by atoms with van der Waals surface area (Å²) < 4.78 is 5.53. The van der Waals surface area contributed by atoms with Gasteiger partial charge in [0.25, 0.3) is 0 Å². The number of rotatable bonds is 5. The first-order valence-electron chi connectivity index (χ1n) is 7.19.